The molecule has 2 rings (SSSR count). The highest BCUT2D eigenvalue weighted by Crippen LogP contribution is 2.21. The van der Waals surface area contributed by atoms with Gasteiger partial charge in [-0.1, -0.05) is 6.92 Å². The van der Waals surface area contributed by atoms with Crippen molar-refractivity contribution in [2.75, 3.05) is 25.0 Å². The number of hydrogen-bond acceptors (Lipinski definition) is 3. The van der Waals surface area contributed by atoms with Gasteiger partial charge in [0, 0.05) is 12.1 Å². The Morgan fingerprint density at radius 2 is 1.77 bits per heavy atom. The second-order valence-corrected chi connectivity index (χ2v) is 6.70. The number of anilines is 1. The number of benzene rings is 1. The van der Waals surface area contributed by atoms with Crippen LogP contribution in [0, 0.1) is 0 Å². The molecule has 2 N–H and O–H groups in total. The average molecular weight is 385 g/mol. The molecule has 0 saturated heterocycles. The molecule has 0 bridgehead atoms. The molecule has 5 nitrogen and oxygen atoms in total. The molecule has 0 aliphatic heterocycles. The minimum absolute atomic E-state index is 0. The second-order valence-electron chi connectivity index (χ2n) is 6.70. The first-order valence-corrected chi connectivity index (χ1v) is 9.73. The average Bonchev–Trinajstić information content (AvgIpc) is 2.63. The van der Waals surface area contributed by atoms with Crippen LogP contribution in [0.15, 0.2) is 24.3 Å². The molecule has 1 saturated carbocycles. The van der Waals surface area contributed by atoms with E-state index in [0.717, 1.165) is 50.2 Å². The third kappa shape index (κ3) is 6.69. The highest BCUT2D eigenvalue weighted by Gasteiger charge is 2.34. The fraction of sp³-hybridized carbons (Fsp3) is 0.650. The molecule has 2 atom stereocenters. The quantitative estimate of drug-likeness (QED) is 0.676. The standard InChI is InChI=1S/C20H32N2O3.ClH/c1-4-15-24-17-13-11-16(12-14-17)21-20(23)25-19-10-8-7-9-18(19)22(5-2)6-3;/h11-14,18-19H,4-10,15H2,1-3H3,(H,21,23);1H/t18-,19-;/m1./s1. The maximum absolute atomic E-state index is 12.3. The monoisotopic (exact) mass is 384 g/mol. The molecule has 26 heavy (non-hydrogen) atoms. The SMILES string of the molecule is CCCOc1ccc(NC(=O)O[C@@H]2CCCC[C@H]2[NH+](CC)CC)cc1.[Cl-]. The highest BCUT2D eigenvalue weighted by atomic mass is 35.5. The number of carbonyl (C=O) groups excluding carboxylic acids is 1. The molecule has 1 aliphatic carbocycles. The van der Waals surface area contributed by atoms with Gasteiger partial charge in [0.15, 0.2) is 6.10 Å². The smallest absolute Gasteiger partial charge is 0.412 e. The number of carbonyl (C=O) groups is 1. The van der Waals surface area contributed by atoms with Crippen LogP contribution in [0.3, 0.4) is 0 Å². The molecule has 6 heteroatoms. The Bertz CT molecular complexity index is 520. The van der Waals surface area contributed by atoms with Crippen molar-refractivity contribution < 1.29 is 31.6 Å². The van der Waals surface area contributed by atoms with Crippen LogP contribution in [0.5, 0.6) is 5.75 Å². The number of amides is 1. The van der Waals surface area contributed by atoms with Gasteiger partial charge >= 0.3 is 6.09 Å². The molecule has 0 spiro atoms. The largest absolute Gasteiger partial charge is 1.00 e. The summed E-state index contributed by atoms with van der Waals surface area (Å²) in [5.74, 6) is 0.818. The van der Waals surface area contributed by atoms with E-state index in [9.17, 15) is 4.79 Å². The van der Waals surface area contributed by atoms with Gasteiger partial charge in [-0.05, 0) is 63.8 Å². The van der Waals surface area contributed by atoms with E-state index in [0.29, 0.717) is 12.6 Å². The molecule has 1 amide bonds. The summed E-state index contributed by atoms with van der Waals surface area (Å²) in [6.45, 7) is 9.32. The van der Waals surface area contributed by atoms with Gasteiger partial charge in [0.1, 0.15) is 11.8 Å². The predicted molar refractivity (Wildman–Crippen MR) is 100 cm³/mol. The van der Waals surface area contributed by atoms with E-state index in [-0.39, 0.29) is 24.6 Å². The summed E-state index contributed by atoms with van der Waals surface area (Å²) in [4.78, 5) is 13.8. The van der Waals surface area contributed by atoms with Gasteiger partial charge in [-0.2, -0.15) is 0 Å². The van der Waals surface area contributed by atoms with E-state index in [1.165, 1.54) is 11.3 Å². The highest BCUT2D eigenvalue weighted by molar-refractivity contribution is 5.84. The Morgan fingerprint density at radius 3 is 2.38 bits per heavy atom. The van der Waals surface area contributed by atoms with E-state index in [4.69, 9.17) is 9.47 Å². The lowest BCUT2D eigenvalue weighted by Crippen LogP contribution is -3.16. The normalized spacial score (nSPS) is 19.5. The van der Waals surface area contributed by atoms with Crippen LogP contribution < -0.4 is 27.4 Å². The van der Waals surface area contributed by atoms with Crippen molar-refractivity contribution >= 4 is 11.8 Å². The molecule has 0 radical (unpaired) electrons. The lowest BCUT2D eigenvalue weighted by molar-refractivity contribution is -0.926. The number of hydrogen-bond donors (Lipinski definition) is 2. The predicted octanol–water partition coefficient (Wildman–Crippen LogP) is 0.264. The number of rotatable bonds is 8. The first-order valence-electron chi connectivity index (χ1n) is 9.73. The van der Waals surface area contributed by atoms with Crippen LogP contribution in [-0.2, 0) is 4.74 Å². The zero-order valence-corrected chi connectivity index (χ0v) is 17.0. The first-order chi connectivity index (χ1) is 12.2. The Labute approximate surface area is 163 Å². The van der Waals surface area contributed by atoms with E-state index in [2.05, 4.69) is 26.1 Å². The summed E-state index contributed by atoms with van der Waals surface area (Å²) >= 11 is 0. The van der Waals surface area contributed by atoms with Crippen LogP contribution in [0.25, 0.3) is 0 Å². The number of quaternary nitrogens is 1. The topological polar surface area (TPSA) is 52.0 Å². The minimum atomic E-state index is -0.356. The third-order valence-corrected chi connectivity index (χ3v) is 4.97. The fourth-order valence-corrected chi connectivity index (χ4v) is 3.62. The van der Waals surface area contributed by atoms with E-state index in [1.807, 2.05) is 24.3 Å². The Morgan fingerprint density at radius 1 is 1.12 bits per heavy atom. The molecule has 1 aliphatic rings. The van der Waals surface area contributed by atoms with Gasteiger partial charge in [0.05, 0.1) is 19.7 Å². The summed E-state index contributed by atoms with van der Waals surface area (Å²) in [6, 6.07) is 7.85. The van der Waals surface area contributed by atoms with Gasteiger partial charge in [-0.15, -0.1) is 0 Å². The van der Waals surface area contributed by atoms with Crippen LogP contribution in [0.4, 0.5) is 10.5 Å². The molecule has 1 aromatic rings. The zero-order valence-electron chi connectivity index (χ0n) is 16.2. The van der Waals surface area contributed by atoms with E-state index >= 15 is 0 Å². The Kier molecular flexibility index (Phi) is 10.4. The Hall–Kier alpha value is -1.46. The van der Waals surface area contributed by atoms with Gasteiger partial charge in [-0.3, -0.25) is 5.32 Å². The molecule has 0 unspecified atom stereocenters. The van der Waals surface area contributed by atoms with Crippen molar-refractivity contribution in [3.63, 3.8) is 0 Å². The van der Waals surface area contributed by atoms with Crippen molar-refractivity contribution in [2.24, 2.45) is 0 Å². The van der Waals surface area contributed by atoms with Crippen LogP contribution >= 0.6 is 0 Å². The molecular weight excluding hydrogens is 352 g/mol. The molecule has 1 fully saturated rings. The third-order valence-electron chi connectivity index (χ3n) is 4.97. The number of nitrogens with one attached hydrogen (secondary N) is 2. The summed E-state index contributed by atoms with van der Waals surface area (Å²) < 4.78 is 11.3. The fourth-order valence-electron chi connectivity index (χ4n) is 3.62. The number of halogens is 1. The molecule has 148 valence electrons. The summed E-state index contributed by atoms with van der Waals surface area (Å²) in [6.07, 6.45) is 5.10. The maximum atomic E-state index is 12.3. The maximum Gasteiger partial charge on any atom is 0.412 e. The molecule has 1 aromatic carbocycles. The number of ether oxygens (including phenoxy) is 2. The minimum Gasteiger partial charge on any atom is -1.00 e. The molecular formula is C20H33ClN2O3. The van der Waals surface area contributed by atoms with Crippen molar-refractivity contribution in [1.29, 1.82) is 0 Å². The van der Waals surface area contributed by atoms with Crippen molar-refractivity contribution in [3.8, 4) is 5.75 Å². The Balaban J connectivity index is 0.00000338. The van der Waals surface area contributed by atoms with Gasteiger partial charge in [-0.25, -0.2) is 4.79 Å². The molecule has 0 heterocycles. The summed E-state index contributed by atoms with van der Waals surface area (Å²) in [7, 11) is 0. The van der Waals surface area contributed by atoms with Gasteiger partial charge in [0.2, 0.25) is 0 Å². The number of likely N-dealkylation sites (N-methyl/N-ethyl adjacent to an activating group) is 1. The lowest BCUT2D eigenvalue weighted by atomic mass is 9.91. The lowest BCUT2D eigenvalue weighted by Gasteiger charge is -2.35. The first kappa shape index (κ1) is 22.6. The molecule has 0 aromatic heterocycles. The van der Waals surface area contributed by atoms with Crippen LogP contribution in [-0.4, -0.2) is 37.9 Å². The van der Waals surface area contributed by atoms with Gasteiger partial charge < -0.3 is 26.8 Å². The summed E-state index contributed by atoms with van der Waals surface area (Å²) in [5, 5.41) is 2.84. The van der Waals surface area contributed by atoms with Crippen molar-refractivity contribution in [1.82, 2.24) is 0 Å². The van der Waals surface area contributed by atoms with E-state index in [1.54, 1.807) is 0 Å². The van der Waals surface area contributed by atoms with Crippen molar-refractivity contribution in [2.45, 2.75) is 65.0 Å². The zero-order chi connectivity index (χ0) is 18.1. The van der Waals surface area contributed by atoms with Crippen LogP contribution in [0.2, 0.25) is 0 Å². The summed E-state index contributed by atoms with van der Waals surface area (Å²) in [5.41, 5.74) is 0.733. The van der Waals surface area contributed by atoms with Crippen LogP contribution in [0.1, 0.15) is 52.9 Å². The van der Waals surface area contributed by atoms with E-state index < -0.39 is 0 Å². The second kappa shape index (κ2) is 12.0. The van der Waals surface area contributed by atoms with Gasteiger partial charge in [0.25, 0.3) is 0 Å². The van der Waals surface area contributed by atoms with Crippen molar-refractivity contribution in [3.05, 3.63) is 24.3 Å².